The van der Waals surface area contributed by atoms with Crippen LogP contribution in [0.5, 0.6) is 5.75 Å². The highest BCUT2D eigenvalue weighted by molar-refractivity contribution is 6.00. The number of phenols is 1. The second-order valence-corrected chi connectivity index (χ2v) is 9.74. The first-order valence-electron chi connectivity index (χ1n) is 9.87. The topological polar surface area (TPSA) is 63.6 Å². The van der Waals surface area contributed by atoms with E-state index in [-0.39, 0.29) is 29.0 Å². The van der Waals surface area contributed by atoms with Crippen molar-refractivity contribution in [1.82, 2.24) is 0 Å². The molecule has 1 N–H and O–H groups in total. The highest BCUT2D eigenvalue weighted by Gasteiger charge is 2.28. The molecule has 29 heavy (non-hydrogen) atoms. The molecule has 0 aromatic heterocycles. The van der Waals surface area contributed by atoms with Crippen molar-refractivity contribution in [3.05, 3.63) is 63.7 Å². The first kappa shape index (κ1) is 22.7. The first-order chi connectivity index (χ1) is 13.2. The lowest BCUT2D eigenvalue weighted by atomic mass is 9.78. The summed E-state index contributed by atoms with van der Waals surface area (Å²) in [6.45, 7) is 15.4. The number of esters is 1. The summed E-state index contributed by atoms with van der Waals surface area (Å²) in [5.74, 6) is -0.603. The van der Waals surface area contributed by atoms with Crippen LogP contribution in [0.25, 0.3) is 0 Å². The Morgan fingerprint density at radius 2 is 1.41 bits per heavy atom. The monoisotopic (exact) mass is 396 g/mol. The van der Waals surface area contributed by atoms with E-state index in [1.54, 1.807) is 18.2 Å². The fourth-order valence-electron chi connectivity index (χ4n) is 3.31. The quantitative estimate of drug-likeness (QED) is 0.536. The number of phenolic OH excluding ortho intramolecular Hbond substituents is 1. The van der Waals surface area contributed by atoms with E-state index in [1.807, 2.05) is 67.5 Å². The summed E-state index contributed by atoms with van der Waals surface area (Å²) >= 11 is 0. The summed E-state index contributed by atoms with van der Waals surface area (Å²) in [5, 5.41) is 10.8. The van der Waals surface area contributed by atoms with Crippen molar-refractivity contribution < 1.29 is 19.4 Å². The van der Waals surface area contributed by atoms with Crippen molar-refractivity contribution in [3.8, 4) is 5.75 Å². The molecule has 0 saturated heterocycles. The maximum absolute atomic E-state index is 12.7. The van der Waals surface area contributed by atoms with E-state index in [0.29, 0.717) is 22.3 Å². The van der Waals surface area contributed by atoms with Crippen LogP contribution in [0.3, 0.4) is 0 Å². The molecule has 0 saturated carbocycles. The second-order valence-electron chi connectivity index (χ2n) is 9.74. The van der Waals surface area contributed by atoms with Crippen molar-refractivity contribution in [3.63, 3.8) is 0 Å². The molecule has 0 amide bonds. The van der Waals surface area contributed by atoms with Crippen molar-refractivity contribution in [1.29, 1.82) is 0 Å². The first-order valence-corrected chi connectivity index (χ1v) is 9.87. The number of benzene rings is 2. The van der Waals surface area contributed by atoms with Gasteiger partial charge in [0, 0.05) is 16.7 Å². The molecule has 0 bridgehead atoms. The van der Waals surface area contributed by atoms with Crippen LogP contribution in [0.1, 0.15) is 84.5 Å². The minimum atomic E-state index is -0.570. The maximum atomic E-state index is 12.7. The number of ketones is 1. The number of aromatic hydroxyl groups is 1. The summed E-state index contributed by atoms with van der Waals surface area (Å²) < 4.78 is 5.33. The average Bonchev–Trinajstić information content (AvgIpc) is 2.57. The highest BCUT2D eigenvalue weighted by atomic mass is 16.5. The summed E-state index contributed by atoms with van der Waals surface area (Å²) in [5.41, 5.74) is 3.48. The van der Waals surface area contributed by atoms with Gasteiger partial charge in [-0.2, -0.15) is 0 Å². The molecule has 0 aliphatic rings. The van der Waals surface area contributed by atoms with Gasteiger partial charge in [-0.25, -0.2) is 4.79 Å². The van der Waals surface area contributed by atoms with Crippen LogP contribution in [-0.2, 0) is 15.6 Å². The fraction of sp³-hybridized carbons (Fsp3) is 0.440. The van der Waals surface area contributed by atoms with Gasteiger partial charge < -0.3 is 9.84 Å². The predicted octanol–water partition coefficient (Wildman–Crippen LogP) is 5.64. The molecule has 0 heterocycles. The molecule has 0 atom stereocenters. The molecular formula is C25H32O4. The molecule has 2 rings (SSSR count). The Kier molecular flexibility index (Phi) is 6.27. The lowest BCUT2D eigenvalue weighted by Gasteiger charge is -2.27. The highest BCUT2D eigenvalue weighted by Crippen LogP contribution is 2.39. The molecule has 4 nitrogen and oxygen atoms in total. The van der Waals surface area contributed by atoms with Crippen molar-refractivity contribution in [2.24, 2.45) is 0 Å². The Hall–Kier alpha value is -2.62. The molecule has 0 aliphatic heterocycles. The maximum Gasteiger partial charge on any atom is 0.338 e. The SMILES string of the molecule is Cc1ccc(C(=O)COC(=O)c2cc(C(C)(C)C)c(O)c(C(C)(C)C)c2)c(C)c1. The van der Waals surface area contributed by atoms with E-state index in [4.69, 9.17) is 4.74 Å². The van der Waals surface area contributed by atoms with Crippen LogP contribution >= 0.6 is 0 Å². The number of hydrogen-bond acceptors (Lipinski definition) is 4. The van der Waals surface area contributed by atoms with E-state index in [1.165, 1.54) is 0 Å². The summed E-state index contributed by atoms with van der Waals surface area (Å²) in [7, 11) is 0. The van der Waals surface area contributed by atoms with Crippen LogP contribution in [0, 0.1) is 13.8 Å². The second kappa shape index (κ2) is 8.02. The van der Waals surface area contributed by atoms with Crippen LogP contribution in [0.15, 0.2) is 30.3 Å². The molecule has 0 unspecified atom stereocenters. The van der Waals surface area contributed by atoms with Crippen LogP contribution in [0.2, 0.25) is 0 Å². The zero-order chi connectivity index (χ0) is 22.1. The third kappa shape index (κ3) is 5.26. The molecule has 2 aromatic carbocycles. The Balaban J connectivity index is 2.31. The Morgan fingerprint density at radius 1 is 0.897 bits per heavy atom. The van der Waals surface area contributed by atoms with E-state index in [0.717, 1.165) is 11.1 Å². The van der Waals surface area contributed by atoms with Gasteiger partial charge in [0.25, 0.3) is 0 Å². The van der Waals surface area contributed by atoms with Crippen LogP contribution < -0.4 is 0 Å². The van der Waals surface area contributed by atoms with Crippen LogP contribution in [-0.4, -0.2) is 23.5 Å². The summed E-state index contributed by atoms with van der Waals surface area (Å²) in [4.78, 5) is 25.2. The molecule has 4 heteroatoms. The van der Waals surface area contributed by atoms with E-state index < -0.39 is 5.97 Å². The largest absolute Gasteiger partial charge is 0.507 e. The van der Waals surface area contributed by atoms with E-state index >= 15 is 0 Å². The van der Waals surface area contributed by atoms with Gasteiger partial charge in [-0.15, -0.1) is 0 Å². The number of ether oxygens (including phenoxy) is 1. The molecule has 0 fully saturated rings. The van der Waals surface area contributed by atoms with Gasteiger partial charge in [-0.1, -0.05) is 65.3 Å². The summed E-state index contributed by atoms with van der Waals surface area (Å²) in [6, 6.07) is 8.88. The molecule has 0 spiro atoms. The standard InChI is InChI=1S/C25H32O4/c1-15-9-10-18(16(2)11-15)21(26)14-29-23(28)17-12-19(24(3,4)5)22(27)20(13-17)25(6,7)8/h9-13,27H,14H2,1-8H3. The molecule has 2 aromatic rings. The Bertz CT molecular complexity index is 905. The normalized spacial score (nSPS) is 12.0. The number of hydrogen-bond donors (Lipinski definition) is 1. The van der Waals surface area contributed by atoms with Gasteiger partial charge >= 0.3 is 5.97 Å². The van der Waals surface area contributed by atoms with Gasteiger partial charge in [-0.05, 0) is 42.4 Å². The lowest BCUT2D eigenvalue weighted by molar-refractivity contribution is 0.0474. The van der Waals surface area contributed by atoms with Gasteiger partial charge in [0.1, 0.15) is 5.75 Å². The van der Waals surface area contributed by atoms with E-state index in [9.17, 15) is 14.7 Å². The average molecular weight is 397 g/mol. The van der Waals surface area contributed by atoms with Gasteiger partial charge in [-0.3, -0.25) is 4.79 Å². The van der Waals surface area contributed by atoms with Crippen molar-refractivity contribution in [2.45, 2.75) is 66.2 Å². The molecule has 0 radical (unpaired) electrons. The zero-order valence-electron chi connectivity index (χ0n) is 18.8. The molecular weight excluding hydrogens is 364 g/mol. The number of rotatable bonds is 4. The van der Waals surface area contributed by atoms with E-state index in [2.05, 4.69) is 0 Å². The fourth-order valence-corrected chi connectivity index (χ4v) is 3.31. The summed E-state index contributed by atoms with van der Waals surface area (Å²) in [6.07, 6.45) is 0. The smallest absolute Gasteiger partial charge is 0.338 e. The Morgan fingerprint density at radius 3 is 1.86 bits per heavy atom. The lowest BCUT2D eigenvalue weighted by Crippen LogP contribution is -2.20. The van der Waals surface area contributed by atoms with Gasteiger partial charge in [0.05, 0.1) is 5.56 Å². The van der Waals surface area contributed by atoms with Gasteiger partial charge in [0.15, 0.2) is 6.61 Å². The number of carbonyl (C=O) groups excluding carboxylic acids is 2. The van der Waals surface area contributed by atoms with Crippen molar-refractivity contribution >= 4 is 11.8 Å². The number of carbonyl (C=O) groups is 2. The van der Waals surface area contributed by atoms with Crippen molar-refractivity contribution in [2.75, 3.05) is 6.61 Å². The molecule has 156 valence electrons. The Labute approximate surface area is 173 Å². The minimum absolute atomic E-state index is 0.202. The molecule has 0 aliphatic carbocycles. The predicted molar refractivity (Wildman–Crippen MR) is 116 cm³/mol. The number of Topliss-reactive ketones (excluding diaryl/α,β-unsaturated/α-hetero) is 1. The third-order valence-electron chi connectivity index (χ3n) is 4.98. The van der Waals surface area contributed by atoms with Gasteiger partial charge in [0.2, 0.25) is 5.78 Å². The number of aryl methyl sites for hydroxylation is 2. The zero-order valence-corrected chi connectivity index (χ0v) is 18.8. The van der Waals surface area contributed by atoms with Crippen LogP contribution in [0.4, 0.5) is 0 Å². The minimum Gasteiger partial charge on any atom is -0.507 e. The third-order valence-corrected chi connectivity index (χ3v) is 4.98.